The number of amides is 1. The van der Waals surface area contributed by atoms with Crippen molar-refractivity contribution in [2.45, 2.75) is 31.7 Å². The van der Waals surface area contributed by atoms with Gasteiger partial charge in [-0.1, -0.05) is 28.1 Å². The number of nitrogens with one attached hydrogen (secondary N) is 1. The van der Waals surface area contributed by atoms with Gasteiger partial charge in [0.05, 0.1) is 0 Å². The zero-order chi connectivity index (χ0) is 13.7. The summed E-state index contributed by atoms with van der Waals surface area (Å²) in [7, 11) is 2.00. The summed E-state index contributed by atoms with van der Waals surface area (Å²) in [5.74, 6) is 0.289. The second-order valence-electron chi connectivity index (χ2n) is 5.07. The van der Waals surface area contributed by atoms with Crippen molar-refractivity contribution in [1.82, 2.24) is 10.2 Å². The van der Waals surface area contributed by atoms with E-state index in [0.29, 0.717) is 12.5 Å². The molecule has 1 aromatic carbocycles. The average Bonchev–Trinajstić information content (AvgIpc) is 2.46. The summed E-state index contributed by atoms with van der Waals surface area (Å²) in [6.45, 7) is 1.79. The van der Waals surface area contributed by atoms with Gasteiger partial charge in [0.2, 0.25) is 5.91 Å². The Hall–Kier alpha value is -0.870. The van der Waals surface area contributed by atoms with Gasteiger partial charge in [0, 0.05) is 30.0 Å². The van der Waals surface area contributed by atoms with Gasteiger partial charge < -0.3 is 10.2 Å². The van der Waals surface area contributed by atoms with Crippen molar-refractivity contribution < 1.29 is 4.79 Å². The molecule has 1 fully saturated rings. The number of hydrogen-bond acceptors (Lipinski definition) is 2. The average molecular weight is 325 g/mol. The predicted molar refractivity (Wildman–Crippen MR) is 81.1 cm³/mol. The van der Waals surface area contributed by atoms with Gasteiger partial charge in [-0.05, 0) is 44.0 Å². The summed E-state index contributed by atoms with van der Waals surface area (Å²) in [5, 5.41) is 3.28. The first-order chi connectivity index (χ1) is 9.19. The molecule has 1 aliphatic rings. The van der Waals surface area contributed by atoms with Crippen LogP contribution < -0.4 is 5.32 Å². The number of likely N-dealkylation sites (tertiary alicyclic amines) is 1. The van der Waals surface area contributed by atoms with Crippen LogP contribution in [0.1, 0.15) is 24.8 Å². The largest absolute Gasteiger partial charge is 0.343 e. The van der Waals surface area contributed by atoms with Crippen molar-refractivity contribution in [2.75, 3.05) is 20.1 Å². The van der Waals surface area contributed by atoms with Crippen LogP contribution in [-0.4, -0.2) is 37.0 Å². The van der Waals surface area contributed by atoms with E-state index in [1.165, 1.54) is 5.56 Å². The molecule has 1 N–H and O–H groups in total. The SMILES string of the molecule is CNC1CCN(C(=O)CCc2ccc(Br)cc2)CC1. The van der Waals surface area contributed by atoms with Crippen molar-refractivity contribution in [2.24, 2.45) is 0 Å². The van der Waals surface area contributed by atoms with Crippen LogP contribution in [-0.2, 0) is 11.2 Å². The minimum absolute atomic E-state index is 0.289. The second-order valence-corrected chi connectivity index (χ2v) is 5.99. The van der Waals surface area contributed by atoms with Crippen LogP contribution in [0, 0.1) is 0 Å². The fourth-order valence-corrected chi connectivity index (χ4v) is 2.74. The molecule has 0 saturated carbocycles. The van der Waals surface area contributed by atoms with E-state index in [4.69, 9.17) is 0 Å². The third-order valence-electron chi connectivity index (χ3n) is 3.80. The maximum Gasteiger partial charge on any atom is 0.222 e. The molecule has 19 heavy (non-hydrogen) atoms. The molecule has 0 unspecified atom stereocenters. The molecule has 0 aliphatic carbocycles. The standard InChI is InChI=1S/C15H21BrN2O/c1-17-14-8-10-18(11-9-14)15(19)7-4-12-2-5-13(16)6-3-12/h2-3,5-6,14,17H,4,7-11H2,1H3. The van der Waals surface area contributed by atoms with Crippen LogP contribution in [0.2, 0.25) is 0 Å². The van der Waals surface area contributed by atoms with Crippen LogP contribution in [0.25, 0.3) is 0 Å². The first-order valence-corrected chi connectivity index (χ1v) is 7.68. The Labute approximate surface area is 123 Å². The van der Waals surface area contributed by atoms with Crippen LogP contribution in [0.5, 0.6) is 0 Å². The van der Waals surface area contributed by atoms with E-state index in [1.807, 2.05) is 24.1 Å². The summed E-state index contributed by atoms with van der Waals surface area (Å²) < 4.78 is 1.08. The maximum absolute atomic E-state index is 12.1. The molecular formula is C15H21BrN2O. The van der Waals surface area contributed by atoms with Gasteiger partial charge >= 0.3 is 0 Å². The maximum atomic E-state index is 12.1. The lowest BCUT2D eigenvalue weighted by atomic mass is 10.0. The van der Waals surface area contributed by atoms with E-state index < -0.39 is 0 Å². The third-order valence-corrected chi connectivity index (χ3v) is 4.33. The van der Waals surface area contributed by atoms with Crippen molar-refractivity contribution >= 4 is 21.8 Å². The summed E-state index contributed by atoms with van der Waals surface area (Å²) in [4.78, 5) is 14.1. The van der Waals surface area contributed by atoms with Crippen molar-refractivity contribution in [3.63, 3.8) is 0 Å². The molecule has 1 heterocycles. The number of hydrogen-bond donors (Lipinski definition) is 1. The topological polar surface area (TPSA) is 32.3 Å². The molecule has 3 nitrogen and oxygen atoms in total. The highest BCUT2D eigenvalue weighted by Gasteiger charge is 2.21. The number of carbonyl (C=O) groups is 1. The normalized spacial score (nSPS) is 16.6. The van der Waals surface area contributed by atoms with Crippen molar-refractivity contribution in [3.05, 3.63) is 34.3 Å². The molecule has 0 aromatic heterocycles. The molecule has 4 heteroatoms. The Kier molecular flexibility index (Phi) is 5.40. The number of halogens is 1. The zero-order valence-electron chi connectivity index (χ0n) is 11.4. The molecule has 2 rings (SSSR count). The van der Waals surface area contributed by atoms with Gasteiger partial charge in [-0.15, -0.1) is 0 Å². The highest BCUT2D eigenvalue weighted by Crippen LogP contribution is 2.14. The van der Waals surface area contributed by atoms with Crippen molar-refractivity contribution in [3.8, 4) is 0 Å². The summed E-state index contributed by atoms with van der Waals surface area (Å²) >= 11 is 3.42. The van der Waals surface area contributed by atoms with Gasteiger partial charge in [0.1, 0.15) is 0 Å². The Balaban J connectivity index is 1.77. The Morgan fingerprint density at radius 2 is 1.95 bits per heavy atom. The molecular weight excluding hydrogens is 304 g/mol. The lowest BCUT2D eigenvalue weighted by Crippen LogP contribution is -2.44. The van der Waals surface area contributed by atoms with Gasteiger partial charge in [-0.2, -0.15) is 0 Å². The monoisotopic (exact) mass is 324 g/mol. The minimum atomic E-state index is 0.289. The van der Waals surface area contributed by atoms with Crippen LogP contribution in [0.3, 0.4) is 0 Å². The van der Waals surface area contributed by atoms with Crippen LogP contribution in [0.4, 0.5) is 0 Å². The van der Waals surface area contributed by atoms with E-state index in [2.05, 4.69) is 33.4 Å². The number of carbonyl (C=O) groups excluding carboxylic acids is 1. The quantitative estimate of drug-likeness (QED) is 0.923. The molecule has 1 amide bonds. The molecule has 0 bridgehead atoms. The van der Waals surface area contributed by atoms with Crippen LogP contribution >= 0.6 is 15.9 Å². The fourth-order valence-electron chi connectivity index (χ4n) is 2.48. The van der Waals surface area contributed by atoms with Crippen LogP contribution in [0.15, 0.2) is 28.7 Å². The lowest BCUT2D eigenvalue weighted by Gasteiger charge is -2.31. The summed E-state index contributed by atoms with van der Waals surface area (Å²) in [5.41, 5.74) is 1.22. The molecule has 0 radical (unpaired) electrons. The Morgan fingerprint density at radius 1 is 1.32 bits per heavy atom. The summed E-state index contributed by atoms with van der Waals surface area (Å²) in [6, 6.07) is 8.78. The number of rotatable bonds is 4. The van der Waals surface area contributed by atoms with E-state index in [1.54, 1.807) is 0 Å². The van der Waals surface area contributed by atoms with E-state index >= 15 is 0 Å². The molecule has 1 aromatic rings. The van der Waals surface area contributed by atoms with Gasteiger partial charge in [-0.3, -0.25) is 4.79 Å². The second kappa shape index (κ2) is 7.06. The Bertz CT molecular complexity index is 411. The highest BCUT2D eigenvalue weighted by molar-refractivity contribution is 9.10. The number of benzene rings is 1. The number of piperidine rings is 1. The highest BCUT2D eigenvalue weighted by atomic mass is 79.9. The van der Waals surface area contributed by atoms with Gasteiger partial charge in [-0.25, -0.2) is 0 Å². The number of aryl methyl sites for hydroxylation is 1. The first-order valence-electron chi connectivity index (χ1n) is 6.88. The van der Waals surface area contributed by atoms with E-state index in [0.717, 1.165) is 36.8 Å². The van der Waals surface area contributed by atoms with E-state index in [9.17, 15) is 4.79 Å². The number of nitrogens with zero attached hydrogens (tertiary/aromatic N) is 1. The molecule has 0 spiro atoms. The zero-order valence-corrected chi connectivity index (χ0v) is 12.9. The molecule has 1 saturated heterocycles. The van der Waals surface area contributed by atoms with E-state index in [-0.39, 0.29) is 5.91 Å². The predicted octanol–water partition coefficient (Wildman–Crippen LogP) is 2.59. The minimum Gasteiger partial charge on any atom is -0.343 e. The first kappa shape index (κ1) is 14.5. The molecule has 104 valence electrons. The molecule has 0 atom stereocenters. The fraction of sp³-hybridized carbons (Fsp3) is 0.533. The molecule has 1 aliphatic heterocycles. The van der Waals surface area contributed by atoms with Gasteiger partial charge in [0.15, 0.2) is 0 Å². The summed E-state index contributed by atoms with van der Waals surface area (Å²) in [6.07, 6.45) is 3.59. The smallest absolute Gasteiger partial charge is 0.222 e. The lowest BCUT2D eigenvalue weighted by molar-refractivity contribution is -0.132. The van der Waals surface area contributed by atoms with Gasteiger partial charge in [0.25, 0.3) is 0 Å². The van der Waals surface area contributed by atoms with Crippen molar-refractivity contribution in [1.29, 1.82) is 0 Å². The third kappa shape index (κ3) is 4.32. The Morgan fingerprint density at radius 3 is 2.53 bits per heavy atom.